The highest BCUT2D eigenvalue weighted by Gasteiger charge is 2.14. The van der Waals surface area contributed by atoms with Gasteiger partial charge in [-0.3, -0.25) is 0 Å². The van der Waals surface area contributed by atoms with Crippen LogP contribution in [-0.2, 0) is 0 Å². The van der Waals surface area contributed by atoms with Gasteiger partial charge in [-0.15, -0.1) is 13.2 Å². The third-order valence-electron chi connectivity index (χ3n) is 3.11. The van der Waals surface area contributed by atoms with Crippen LogP contribution in [0.15, 0.2) is 49.6 Å². The predicted molar refractivity (Wildman–Crippen MR) is 81.1 cm³/mol. The minimum absolute atomic E-state index is 0.387. The van der Waals surface area contributed by atoms with Crippen LogP contribution in [0.3, 0.4) is 0 Å². The SMILES string of the molecule is C=CCN(CC=C)c1ccccc1C(CC)NC. The van der Waals surface area contributed by atoms with Gasteiger partial charge in [0.05, 0.1) is 0 Å². The van der Waals surface area contributed by atoms with E-state index in [1.54, 1.807) is 0 Å². The van der Waals surface area contributed by atoms with E-state index < -0.39 is 0 Å². The van der Waals surface area contributed by atoms with E-state index in [-0.39, 0.29) is 0 Å². The monoisotopic (exact) mass is 244 g/mol. The van der Waals surface area contributed by atoms with Crippen LogP contribution in [-0.4, -0.2) is 20.1 Å². The maximum atomic E-state index is 3.83. The maximum Gasteiger partial charge on any atom is 0.0420 e. The number of nitrogens with zero attached hydrogens (tertiary/aromatic N) is 1. The van der Waals surface area contributed by atoms with Crippen molar-refractivity contribution in [2.24, 2.45) is 0 Å². The summed E-state index contributed by atoms with van der Waals surface area (Å²) in [6.07, 6.45) is 4.94. The number of para-hydroxylation sites is 1. The van der Waals surface area contributed by atoms with E-state index in [2.05, 4.69) is 54.6 Å². The molecule has 0 spiro atoms. The maximum absolute atomic E-state index is 3.83. The minimum Gasteiger partial charge on any atom is -0.364 e. The Morgan fingerprint density at radius 2 is 1.83 bits per heavy atom. The summed E-state index contributed by atoms with van der Waals surface area (Å²) >= 11 is 0. The highest BCUT2D eigenvalue weighted by atomic mass is 15.1. The molecule has 1 atom stereocenters. The fourth-order valence-electron chi connectivity index (χ4n) is 2.23. The van der Waals surface area contributed by atoms with E-state index in [0.717, 1.165) is 19.5 Å². The zero-order valence-corrected chi connectivity index (χ0v) is 11.5. The molecule has 0 aromatic heterocycles. The van der Waals surface area contributed by atoms with E-state index in [1.165, 1.54) is 11.3 Å². The Bertz CT molecular complexity index is 370. The molecule has 0 heterocycles. The van der Waals surface area contributed by atoms with Crippen molar-refractivity contribution in [2.45, 2.75) is 19.4 Å². The molecule has 98 valence electrons. The fraction of sp³-hybridized carbons (Fsp3) is 0.375. The van der Waals surface area contributed by atoms with Gasteiger partial charge in [0.1, 0.15) is 0 Å². The van der Waals surface area contributed by atoms with E-state index in [9.17, 15) is 0 Å². The molecule has 1 rings (SSSR count). The summed E-state index contributed by atoms with van der Waals surface area (Å²) in [5, 5.41) is 3.37. The number of nitrogens with one attached hydrogen (secondary N) is 1. The molecule has 1 unspecified atom stereocenters. The Kier molecular flexibility index (Phi) is 6.23. The molecule has 1 aromatic rings. The van der Waals surface area contributed by atoms with Gasteiger partial charge in [0.15, 0.2) is 0 Å². The average Bonchev–Trinajstić information content (AvgIpc) is 2.41. The summed E-state index contributed by atoms with van der Waals surface area (Å²) in [7, 11) is 2.01. The van der Waals surface area contributed by atoms with Gasteiger partial charge >= 0.3 is 0 Å². The van der Waals surface area contributed by atoms with Gasteiger partial charge in [-0.25, -0.2) is 0 Å². The third-order valence-corrected chi connectivity index (χ3v) is 3.11. The van der Waals surface area contributed by atoms with Crippen LogP contribution >= 0.6 is 0 Å². The van der Waals surface area contributed by atoms with E-state index >= 15 is 0 Å². The molecule has 0 fully saturated rings. The number of hydrogen-bond donors (Lipinski definition) is 1. The Hall–Kier alpha value is -1.54. The molecule has 0 bridgehead atoms. The molecule has 0 aliphatic carbocycles. The highest BCUT2D eigenvalue weighted by molar-refractivity contribution is 5.56. The highest BCUT2D eigenvalue weighted by Crippen LogP contribution is 2.28. The summed E-state index contributed by atoms with van der Waals surface area (Å²) in [6.45, 7) is 11.5. The Labute approximate surface area is 111 Å². The van der Waals surface area contributed by atoms with Gasteiger partial charge in [0.25, 0.3) is 0 Å². The topological polar surface area (TPSA) is 15.3 Å². The fourth-order valence-corrected chi connectivity index (χ4v) is 2.23. The van der Waals surface area contributed by atoms with Crippen LogP contribution in [0.5, 0.6) is 0 Å². The largest absolute Gasteiger partial charge is 0.364 e. The Morgan fingerprint density at radius 3 is 2.33 bits per heavy atom. The lowest BCUT2D eigenvalue weighted by Crippen LogP contribution is -2.26. The zero-order valence-electron chi connectivity index (χ0n) is 11.5. The van der Waals surface area contributed by atoms with Gasteiger partial charge in [0.2, 0.25) is 0 Å². The molecular weight excluding hydrogens is 220 g/mol. The van der Waals surface area contributed by atoms with Crippen molar-refractivity contribution in [1.82, 2.24) is 5.32 Å². The van der Waals surface area contributed by atoms with Crippen molar-refractivity contribution in [3.8, 4) is 0 Å². The van der Waals surface area contributed by atoms with Gasteiger partial charge in [-0.05, 0) is 25.1 Å². The van der Waals surface area contributed by atoms with Crippen molar-refractivity contribution in [3.63, 3.8) is 0 Å². The van der Waals surface area contributed by atoms with Crippen LogP contribution in [0.2, 0.25) is 0 Å². The summed E-state index contributed by atoms with van der Waals surface area (Å²) in [5.41, 5.74) is 2.60. The van der Waals surface area contributed by atoms with Gasteiger partial charge in [-0.1, -0.05) is 37.3 Å². The van der Waals surface area contributed by atoms with Crippen molar-refractivity contribution in [1.29, 1.82) is 0 Å². The van der Waals surface area contributed by atoms with Gasteiger partial charge < -0.3 is 10.2 Å². The second-order valence-corrected chi connectivity index (χ2v) is 4.29. The van der Waals surface area contributed by atoms with E-state index in [0.29, 0.717) is 6.04 Å². The lowest BCUT2D eigenvalue weighted by atomic mass is 10.0. The summed E-state index contributed by atoms with van der Waals surface area (Å²) < 4.78 is 0. The van der Waals surface area contributed by atoms with Gasteiger partial charge in [-0.2, -0.15) is 0 Å². The van der Waals surface area contributed by atoms with Crippen LogP contribution in [0.25, 0.3) is 0 Å². The molecule has 2 heteroatoms. The molecule has 1 N–H and O–H groups in total. The summed E-state index contributed by atoms with van der Waals surface area (Å²) in [4.78, 5) is 2.29. The molecule has 0 amide bonds. The second kappa shape index (κ2) is 7.72. The van der Waals surface area contributed by atoms with Crippen LogP contribution in [0.1, 0.15) is 24.9 Å². The molecule has 0 saturated heterocycles. The van der Waals surface area contributed by atoms with Crippen molar-refractivity contribution in [3.05, 3.63) is 55.1 Å². The second-order valence-electron chi connectivity index (χ2n) is 4.29. The Morgan fingerprint density at radius 1 is 1.22 bits per heavy atom. The normalized spacial score (nSPS) is 11.9. The molecule has 18 heavy (non-hydrogen) atoms. The first-order chi connectivity index (χ1) is 8.78. The van der Waals surface area contributed by atoms with E-state index in [4.69, 9.17) is 0 Å². The first-order valence-electron chi connectivity index (χ1n) is 6.51. The van der Waals surface area contributed by atoms with Crippen molar-refractivity contribution < 1.29 is 0 Å². The molecule has 0 radical (unpaired) electrons. The lowest BCUT2D eigenvalue weighted by molar-refractivity contribution is 0.576. The number of anilines is 1. The summed E-state index contributed by atoms with van der Waals surface area (Å²) in [6, 6.07) is 8.93. The Balaban J connectivity index is 3.11. The third kappa shape index (κ3) is 3.47. The number of hydrogen-bond acceptors (Lipinski definition) is 2. The standard InChI is InChI=1S/C16H24N2/c1-5-12-18(13-6-2)16-11-9-8-10-14(16)15(7-3)17-4/h5-6,8-11,15,17H,1-2,7,12-13H2,3-4H3. The van der Waals surface area contributed by atoms with E-state index in [1.807, 2.05) is 19.2 Å². The molecular formula is C16H24N2. The predicted octanol–water partition coefficient (Wildman–Crippen LogP) is 3.54. The quantitative estimate of drug-likeness (QED) is 0.704. The molecule has 1 aromatic carbocycles. The van der Waals surface area contributed by atoms with Crippen LogP contribution in [0, 0.1) is 0 Å². The minimum atomic E-state index is 0.387. The average molecular weight is 244 g/mol. The van der Waals surface area contributed by atoms with Crippen molar-refractivity contribution >= 4 is 5.69 Å². The number of rotatable bonds is 8. The summed E-state index contributed by atoms with van der Waals surface area (Å²) in [5.74, 6) is 0. The first kappa shape index (κ1) is 14.5. The van der Waals surface area contributed by atoms with Crippen molar-refractivity contribution in [2.75, 3.05) is 25.0 Å². The smallest absolute Gasteiger partial charge is 0.0420 e. The molecule has 2 nitrogen and oxygen atoms in total. The molecule has 0 aliphatic heterocycles. The lowest BCUT2D eigenvalue weighted by Gasteiger charge is -2.27. The first-order valence-corrected chi connectivity index (χ1v) is 6.51. The van der Waals surface area contributed by atoms with Crippen LogP contribution in [0.4, 0.5) is 5.69 Å². The molecule has 0 saturated carbocycles. The zero-order chi connectivity index (χ0) is 13.4. The number of benzene rings is 1. The van der Waals surface area contributed by atoms with Crippen LogP contribution < -0.4 is 10.2 Å². The molecule has 0 aliphatic rings. The van der Waals surface area contributed by atoms with Gasteiger partial charge in [0, 0.05) is 24.8 Å².